The van der Waals surface area contributed by atoms with E-state index in [2.05, 4.69) is 6.92 Å². The minimum atomic E-state index is 1.16. The Labute approximate surface area is 74.7 Å². The van der Waals surface area contributed by atoms with Gasteiger partial charge in [0, 0.05) is 0 Å². The van der Waals surface area contributed by atoms with Crippen molar-refractivity contribution >= 4 is 0 Å². The second-order valence-corrected chi connectivity index (χ2v) is 5.70. The summed E-state index contributed by atoms with van der Waals surface area (Å²) in [6.45, 7) is 2.41. The average Bonchev–Trinajstić information content (AvgIpc) is 2.47. The van der Waals surface area contributed by atoms with Crippen LogP contribution < -0.4 is 0 Å². The highest BCUT2D eigenvalue weighted by molar-refractivity contribution is 5.21. The van der Waals surface area contributed by atoms with Gasteiger partial charge in [-0.15, -0.1) is 0 Å². The molecular weight excluding hydrogens is 144 g/mol. The minimum absolute atomic E-state index is 1.16. The summed E-state index contributed by atoms with van der Waals surface area (Å²) in [5, 5.41) is 0. The van der Waals surface area contributed by atoms with Gasteiger partial charge in [0.1, 0.15) is 0 Å². The van der Waals surface area contributed by atoms with Crippen molar-refractivity contribution in [1.29, 1.82) is 0 Å². The Balaban J connectivity index is 1.71. The summed E-state index contributed by atoms with van der Waals surface area (Å²) in [5.74, 6) is 8.60. The highest BCUT2D eigenvalue weighted by Crippen LogP contribution is 2.78. The SMILES string of the molecule is CCC1CC2C3C4CCC4C1C23. The summed E-state index contributed by atoms with van der Waals surface area (Å²) < 4.78 is 0. The second kappa shape index (κ2) is 1.76. The van der Waals surface area contributed by atoms with Crippen LogP contribution >= 0.6 is 0 Å². The van der Waals surface area contributed by atoms with Crippen LogP contribution in [0, 0.1) is 41.4 Å². The molecule has 4 aliphatic rings. The maximum Gasteiger partial charge on any atom is -0.0315 e. The molecule has 0 radical (unpaired) electrons. The van der Waals surface area contributed by atoms with Gasteiger partial charge in [0.15, 0.2) is 0 Å². The number of fused-ring (bicyclic) bond motifs is 4. The molecule has 0 bridgehead atoms. The molecule has 66 valence electrons. The number of rotatable bonds is 1. The fourth-order valence-corrected chi connectivity index (χ4v) is 5.29. The van der Waals surface area contributed by atoms with Crippen LogP contribution in [-0.2, 0) is 0 Å². The predicted octanol–water partition coefficient (Wildman–Crippen LogP) is 2.93. The third-order valence-corrected chi connectivity index (χ3v) is 5.75. The maximum absolute atomic E-state index is 2.41. The summed E-state index contributed by atoms with van der Waals surface area (Å²) in [6, 6.07) is 0. The summed E-state index contributed by atoms with van der Waals surface area (Å²) in [7, 11) is 0. The van der Waals surface area contributed by atoms with Crippen LogP contribution in [0.1, 0.15) is 32.6 Å². The predicted molar refractivity (Wildman–Crippen MR) is 48.6 cm³/mol. The summed E-state index contributed by atoms with van der Waals surface area (Å²) >= 11 is 0. The monoisotopic (exact) mass is 162 g/mol. The molecule has 0 saturated heterocycles. The molecule has 4 rings (SSSR count). The highest BCUT2D eigenvalue weighted by Gasteiger charge is 2.73. The van der Waals surface area contributed by atoms with Crippen LogP contribution in [0.2, 0.25) is 0 Å². The number of hydrogen-bond acceptors (Lipinski definition) is 0. The Morgan fingerprint density at radius 1 is 0.917 bits per heavy atom. The topological polar surface area (TPSA) is 0 Å². The van der Waals surface area contributed by atoms with Gasteiger partial charge in [-0.2, -0.15) is 0 Å². The van der Waals surface area contributed by atoms with E-state index in [1.54, 1.807) is 19.3 Å². The van der Waals surface area contributed by atoms with Crippen molar-refractivity contribution < 1.29 is 0 Å². The van der Waals surface area contributed by atoms with Gasteiger partial charge in [0.2, 0.25) is 0 Å². The lowest BCUT2D eigenvalue weighted by Gasteiger charge is -2.37. The van der Waals surface area contributed by atoms with Gasteiger partial charge in [-0.1, -0.05) is 13.3 Å². The van der Waals surface area contributed by atoms with E-state index in [1.807, 2.05) is 0 Å². The van der Waals surface area contributed by atoms with Gasteiger partial charge >= 0.3 is 0 Å². The largest absolute Gasteiger partial charge is 0.0651 e. The molecule has 4 fully saturated rings. The van der Waals surface area contributed by atoms with Gasteiger partial charge in [-0.05, 0) is 60.7 Å². The highest BCUT2D eigenvalue weighted by atomic mass is 14.8. The fourth-order valence-electron chi connectivity index (χ4n) is 5.29. The minimum Gasteiger partial charge on any atom is -0.0651 e. The van der Waals surface area contributed by atoms with Gasteiger partial charge in [0.25, 0.3) is 0 Å². The van der Waals surface area contributed by atoms with E-state index in [4.69, 9.17) is 0 Å². The van der Waals surface area contributed by atoms with Gasteiger partial charge in [-0.25, -0.2) is 0 Å². The van der Waals surface area contributed by atoms with E-state index in [9.17, 15) is 0 Å². The third-order valence-electron chi connectivity index (χ3n) is 5.75. The van der Waals surface area contributed by atoms with Crippen molar-refractivity contribution in [1.82, 2.24) is 0 Å². The summed E-state index contributed by atoms with van der Waals surface area (Å²) in [4.78, 5) is 0. The van der Waals surface area contributed by atoms with Crippen LogP contribution in [0.15, 0.2) is 0 Å². The molecule has 0 heteroatoms. The lowest BCUT2D eigenvalue weighted by atomic mass is 9.68. The Kier molecular flexibility index (Phi) is 0.946. The smallest absolute Gasteiger partial charge is 0.0315 e. The van der Waals surface area contributed by atoms with Gasteiger partial charge in [-0.3, -0.25) is 0 Å². The van der Waals surface area contributed by atoms with Crippen molar-refractivity contribution in [2.45, 2.75) is 32.6 Å². The first kappa shape index (κ1) is 6.45. The van der Waals surface area contributed by atoms with Crippen molar-refractivity contribution in [3.63, 3.8) is 0 Å². The van der Waals surface area contributed by atoms with E-state index >= 15 is 0 Å². The molecule has 12 heavy (non-hydrogen) atoms. The quantitative estimate of drug-likeness (QED) is 0.556. The normalized spacial score (nSPS) is 70.2. The zero-order valence-electron chi connectivity index (χ0n) is 7.87. The fraction of sp³-hybridized carbons (Fsp3) is 1.00. The van der Waals surface area contributed by atoms with Gasteiger partial charge in [0.05, 0.1) is 0 Å². The van der Waals surface area contributed by atoms with Crippen LogP contribution in [0.4, 0.5) is 0 Å². The van der Waals surface area contributed by atoms with E-state index < -0.39 is 0 Å². The maximum atomic E-state index is 2.41. The number of hydrogen-bond donors (Lipinski definition) is 0. The molecule has 4 aliphatic carbocycles. The van der Waals surface area contributed by atoms with Crippen molar-refractivity contribution in [2.75, 3.05) is 0 Å². The first-order chi connectivity index (χ1) is 5.92. The zero-order valence-corrected chi connectivity index (χ0v) is 7.87. The molecule has 0 heterocycles. The molecule has 0 aliphatic heterocycles. The van der Waals surface area contributed by atoms with Crippen LogP contribution in [-0.4, -0.2) is 0 Å². The van der Waals surface area contributed by atoms with E-state index in [0.29, 0.717) is 0 Å². The lowest BCUT2D eigenvalue weighted by Crippen LogP contribution is -2.30. The average molecular weight is 162 g/mol. The van der Waals surface area contributed by atoms with E-state index in [-0.39, 0.29) is 0 Å². The van der Waals surface area contributed by atoms with Crippen molar-refractivity contribution in [2.24, 2.45) is 41.4 Å². The molecule has 0 N–H and O–H groups in total. The lowest BCUT2D eigenvalue weighted by molar-refractivity contribution is 0.119. The van der Waals surface area contributed by atoms with Crippen molar-refractivity contribution in [3.8, 4) is 0 Å². The Morgan fingerprint density at radius 3 is 2.33 bits per heavy atom. The van der Waals surface area contributed by atoms with Crippen LogP contribution in [0.25, 0.3) is 0 Å². The third kappa shape index (κ3) is 0.482. The Bertz CT molecular complexity index is 221. The van der Waals surface area contributed by atoms with Crippen molar-refractivity contribution in [3.05, 3.63) is 0 Å². The molecule has 0 nitrogen and oxygen atoms in total. The first-order valence-electron chi connectivity index (χ1n) is 5.92. The Morgan fingerprint density at radius 2 is 1.67 bits per heavy atom. The zero-order chi connectivity index (χ0) is 7.87. The molecule has 0 aromatic carbocycles. The molecule has 0 aromatic rings. The van der Waals surface area contributed by atoms with E-state index in [1.165, 1.54) is 41.9 Å². The summed E-state index contributed by atoms with van der Waals surface area (Å²) in [6.07, 6.45) is 6.32. The van der Waals surface area contributed by atoms with Gasteiger partial charge < -0.3 is 0 Å². The first-order valence-corrected chi connectivity index (χ1v) is 5.92. The molecule has 7 unspecified atom stereocenters. The molecule has 0 amide bonds. The molecular formula is C12H18. The standard InChI is InChI=1S/C12H18/c1-2-6-5-9-11-8-4-3-7(8)10(6)12(9)11/h6-12H,2-5H2,1H3. The molecule has 4 saturated carbocycles. The van der Waals surface area contributed by atoms with E-state index in [0.717, 1.165) is 5.92 Å². The summed E-state index contributed by atoms with van der Waals surface area (Å²) in [5.41, 5.74) is 0. The molecule has 7 atom stereocenters. The molecule has 0 spiro atoms. The Hall–Kier alpha value is 0. The second-order valence-electron chi connectivity index (χ2n) is 5.70. The van der Waals surface area contributed by atoms with Crippen LogP contribution in [0.5, 0.6) is 0 Å². The molecule has 0 aromatic heterocycles. The van der Waals surface area contributed by atoms with Crippen LogP contribution in [0.3, 0.4) is 0 Å².